The Morgan fingerprint density at radius 2 is 2.00 bits per heavy atom. The summed E-state index contributed by atoms with van der Waals surface area (Å²) in [6, 6.07) is 8.62. The van der Waals surface area contributed by atoms with Crippen LogP contribution < -0.4 is 10.6 Å². The Kier molecular flexibility index (Phi) is 2.81. The molecule has 20 heavy (non-hydrogen) atoms. The molecule has 2 saturated heterocycles. The summed E-state index contributed by atoms with van der Waals surface area (Å²) in [4.78, 5) is 24.2. The normalized spacial score (nSPS) is 36.2. The maximum atomic E-state index is 12.6. The minimum atomic E-state index is -1.47. The monoisotopic (exact) mass is 276 g/mol. The van der Waals surface area contributed by atoms with Gasteiger partial charge in [-0.3, -0.25) is 15.4 Å². The molecule has 106 valence electrons. The zero-order chi connectivity index (χ0) is 14.4. The highest BCUT2D eigenvalue weighted by atomic mass is 16.7. The zero-order valence-electron chi connectivity index (χ0n) is 11.3. The van der Waals surface area contributed by atoms with Crippen LogP contribution in [0.2, 0.25) is 0 Å². The number of urea groups is 1. The second-order valence-corrected chi connectivity index (χ2v) is 5.13. The quantitative estimate of drug-likeness (QED) is 0.840. The van der Waals surface area contributed by atoms with Gasteiger partial charge in [-0.05, 0) is 18.9 Å². The molecule has 2 aliphatic rings. The van der Waals surface area contributed by atoms with Crippen molar-refractivity contribution in [2.45, 2.75) is 30.8 Å². The first-order chi connectivity index (χ1) is 9.54. The second kappa shape index (κ2) is 4.29. The lowest BCUT2D eigenvalue weighted by molar-refractivity contribution is -0.249. The van der Waals surface area contributed by atoms with Crippen LogP contribution in [0.3, 0.4) is 0 Å². The Morgan fingerprint density at radius 3 is 2.65 bits per heavy atom. The summed E-state index contributed by atoms with van der Waals surface area (Å²) < 4.78 is 11.2. The average molecular weight is 276 g/mol. The summed E-state index contributed by atoms with van der Waals surface area (Å²) in [5.74, 6) is -1.87. The van der Waals surface area contributed by atoms with Gasteiger partial charge in [0.2, 0.25) is 5.91 Å². The molecule has 2 aliphatic heterocycles. The van der Waals surface area contributed by atoms with Crippen molar-refractivity contribution in [1.29, 1.82) is 0 Å². The van der Waals surface area contributed by atoms with E-state index in [9.17, 15) is 9.59 Å². The van der Waals surface area contributed by atoms with E-state index in [1.54, 1.807) is 0 Å². The molecule has 0 spiro atoms. The van der Waals surface area contributed by atoms with E-state index in [2.05, 4.69) is 10.6 Å². The number of imide groups is 1. The molecular formula is C14H16N2O4. The number of carbonyl (C=O) groups excluding carboxylic acids is 2. The molecule has 1 aromatic carbocycles. The molecular weight excluding hydrogens is 260 g/mol. The van der Waals surface area contributed by atoms with E-state index in [0.29, 0.717) is 6.42 Å². The largest absolute Gasteiger partial charge is 0.335 e. The number of methoxy groups -OCH3 is 1. The van der Waals surface area contributed by atoms with Crippen LogP contribution in [0.25, 0.3) is 0 Å². The van der Waals surface area contributed by atoms with Crippen molar-refractivity contribution in [1.82, 2.24) is 10.6 Å². The molecule has 0 radical (unpaired) electrons. The number of carbonyl (C=O) groups is 2. The smallest absolute Gasteiger partial charge is 0.325 e. The molecule has 1 aromatic rings. The van der Waals surface area contributed by atoms with Gasteiger partial charge < -0.3 is 9.47 Å². The Hall–Kier alpha value is -1.92. The fourth-order valence-corrected chi connectivity index (χ4v) is 3.19. The first-order valence-corrected chi connectivity index (χ1v) is 6.46. The summed E-state index contributed by atoms with van der Waals surface area (Å²) in [7, 11) is 1.43. The maximum Gasteiger partial charge on any atom is 0.325 e. The summed E-state index contributed by atoms with van der Waals surface area (Å²) >= 11 is 0. The molecule has 0 saturated carbocycles. The van der Waals surface area contributed by atoms with Gasteiger partial charge in [0.1, 0.15) is 0 Å². The van der Waals surface area contributed by atoms with Gasteiger partial charge >= 0.3 is 6.03 Å². The van der Waals surface area contributed by atoms with Crippen molar-refractivity contribution in [3.8, 4) is 0 Å². The third kappa shape index (κ3) is 1.52. The fraction of sp³-hybridized carbons (Fsp3) is 0.429. The Morgan fingerprint density at radius 1 is 1.30 bits per heavy atom. The topological polar surface area (TPSA) is 76.7 Å². The minimum absolute atomic E-state index is 0.223. The molecule has 0 bridgehead atoms. The lowest BCUT2D eigenvalue weighted by atomic mass is 9.73. The first kappa shape index (κ1) is 13.1. The second-order valence-electron chi connectivity index (χ2n) is 5.13. The van der Waals surface area contributed by atoms with Crippen molar-refractivity contribution < 1.29 is 19.1 Å². The number of rotatable bonds is 2. The van der Waals surface area contributed by atoms with E-state index in [1.807, 2.05) is 37.3 Å². The highest BCUT2D eigenvalue weighted by Gasteiger charge is 2.68. The van der Waals surface area contributed by atoms with Crippen molar-refractivity contribution in [3.63, 3.8) is 0 Å². The standard InChI is InChI=1S/C14H16N2O4/c1-9-8-13(10-6-4-3-5-7-10)11(17)15-12(18)16-14(13,19-2)20-9/h3-7,9H,8H2,1-2H3,(H2,15,16,17,18)/t9-,13+,14-/m1/s1. The van der Waals surface area contributed by atoms with Crippen molar-refractivity contribution in [2.75, 3.05) is 7.11 Å². The Balaban J connectivity index is 2.21. The van der Waals surface area contributed by atoms with Crippen LogP contribution in [0.5, 0.6) is 0 Å². The van der Waals surface area contributed by atoms with Gasteiger partial charge in [-0.25, -0.2) is 4.79 Å². The van der Waals surface area contributed by atoms with Crippen LogP contribution in [0.1, 0.15) is 18.9 Å². The number of hydrogen-bond donors (Lipinski definition) is 2. The van der Waals surface area contributed by atoms with E-state index in [0.717, 1.165) is 5.56 Å². The molecule has 0 aliphatic carbocycles. The van der Waals surface area contributed by atoms with E-state index in [-0.39, 0.29) is 6.10 Å². The maximum absolute atomic E-state index is 12.6. The molecule has 3 amide bonds. The third-order valence-electron chi connectivity index (χ3n) is 3.97. The lowest BCUT2D eigenvalue weighted by Gasteiger charge is -2.45. The van der Waals surface area contributed by atoms with Gasteiger partial charge in [-0.15, -0.1) is 0 Å². The number of nitrogens with one attached hydrogen (secondary N) is 2. The number of hydrogen-bond acceptors (Lipinski definition) is 4. The molecule has 3 atom stereocenters. The van der Waals surface area contributed by atoms with Gasteiger partial charge in [0, 0.05) is 7.11 Å². The highest BCUT2D eigenvalue weighted by Crippen LogP contribution is 2.49. The number of benzene rings is 1. The SMILES string of the molecule is CO[C@]12NC(=O)NC(=O)[C@@]1(c1ccccc1)C[C@@H](C)O2. The predicted octanol–water partition coefficient (Wildman–Crippen LogP) is 0.873. The van der Waals surface area contributed by atoms with Gasteiger partial charge in [0.25, 0.3) is 5.91 Å². The summed E-state index contributed by atoms with van der Waals surface area (Å²) in [6.45, 7) is 1.85. The van der Waals surface area contributed by atoms with E-state index in [1.165, 1.54) is 7.11 Å². The summed E-state index contributed by atoms with van der Waals surface area (Å²) in [6.07, 6.45) is 0.205. The van der Waals surface area contributed by atoms with Gasteiger partial charge in [-0.2, -0.15) is 0 Å². The average Bonchev–Trinajstić information content (AvgIpc) is 2.74. The molecule has 0 unspecified atom stereocenters. The predicted molar refractivity (Wildman–Crippen MR) is 69.7 cm³/mol. The van der Waals surface area contributed by atoms with Gasteiger partial charge in [0.05, 0.1) is 6.10 Å². The third-order valence-corrected chi connectivity index (χ3v) is 3.97. The molecule has 6 nitrogen and oxygen atoms in total. The van der Waals surface area contributed by atoms with E-state index >= 15 is 0 Å². The fourth-order valence-electron chi connectivity index (χ4n) is 3.19. The molecule has 6 heteroatoms. The van der Waals surface area contributed by atoms with Gasteiger partial charge in [-0.1, -0.05) is 30.3 Å². The molecule has 0 aromatic heterocycles. The number of amides is 3. The lowest BCUT2D eigenvalue weighted by Crippen LogP contribution is -2.73. The van der Waals surface area contributed by atoms with Crippen LogP contribution in [0.15, 0.2) is 30.3 Å². The van der Waals surface area contributed by atoms with E-state index < -0.39 is 23.3 Å². The molecule has 3 rings (SSSR count). The summed E-state index contributed by atoms with van der Waals surface area (Å²) in [5.41, 5.74) is -0.334. The van der Waals surface area contributed by atoms with Gasteiger partial charge in [0.15, 0.2) is 5.41 Å². The number of ether oxygens (including phenoxy) is 2. The van der Waals surface area contributed by atoms with Crippen LogP contribution in [0, 0.1) is 0 Å². The van der Waals surface area contributed by atoms with Crippen LogP contribution in [-0.2, 0) is 19.7 Å². The highest BCUT2D eigenvalue weighted by molar-refractivity contribution is 6.04. The van der Waals surface area contributed by atoms with Crippen LogP contribution in [-0.4, -0.2) is 31.1 Å². The van der Waals surface area contributed by atoms with E-state index in [4.69, 9.17) is 9.47 Å². The van der Waals surface area contributed by atoms with Crippen LogP contribution >= 0.6 is 0 Å². The molecule has 2 fully saturated rings. The first-order valence-electron chi connectivity index (χ1n) is 6.46. The minimum Gasteiger partial charge on any atom is -0.335 e. The van der Waals surface area contributed by atoms with Crippen molar-refractivity contribution >= 4 is 11.9 Å². The number of fused-ring (bicyclic) bond motifs is 1. The Bertz CT molecular complexity index is 562. The molecule has 2 heterocycles. The van der Waals surface area contributed by atoms with Crippen molar-refractivity contribution in [2.24, 2.45) is 0 Å². The molecule has 2 N–H and O–H groups in total. The summed E-state index contributed by atoms with van der Waals surface area (Å²) in [5, 5.41) is 4.95. The van der Waals surface area contributed by atoms with Crippen molar-refractivity contribution in [3.05, 3.63) is 35.9 Å². The zero-order valence-corrected chi connectivity index (χ0v) is 11.3. The van der Waals surface area contributed by atoms with Crippen LogP contribution in [0.4, 0.5) is 4.79 Å². The Labute approximate surface area is 116 Å².